The molecule has 0 radical (unpaired) electrons. The summed E-state index contributed by atoms with van der Waals surface area (Å²) in [4.78, 5) is 6.46. The Kier molecular flexibility index (Phi) is 8.38. The van der Waals surface area contributed by atoms with Crippen molar-refractivity contribution in [3.8, 4) is 0 Å². The molecule has 4 nitrogen and oxygen atoms in total. The summed E-state index contributed by atoms with van der Waals surface area (Å²) in [5.41, 5.74) is 1.32. The Bertz CT molecular complexity index is 292. The Hall–Kier alpha value is -0.970. The van der Waals surface area contributed by atoms with Gasteiger partial charge in [-0.1, -0.05) is 6.92 Å². The first-order valence-electron chi connectivity index (χ1n) is 6.76. The van der Waals surface area contributed by atoms with E-state index in [4.69, 9.17) is 4.74 Å². The molecule has 102 valence electrons. The van der Waals surface area contributed by atoms with Crippen molar-refractivity contribution in [2.45, 2.75) is 20.4 Å². The van der Waals surface area contributed by atoms with Gasteiger partial charge in [-0.25, -0.2) is 0 Å². The molecule has 0 fully saturated rings. The number of hydrogen-bond acceptors (Lipinski definition) is 4. The van der Waals surface area contributed by atoms with Crippen molar-refractivity contribution in [1.29, 1.82) is 0 Å². The van der Waals surface area contributed by atoms with Gasteiger partial charge in [0.15, 0.2) is 0 Å². The van der Waals surface area contributed by atoms with Crippen LogP contribution in [-0.2, 0) is 11.3 Å². The van der Waals surface area contributed by atoms with E-state index in [1.807, 2.05) is 19.3 Å². The number of nitrogens with zero attached hydrogens (tertiary/aromatic N) is 2. The molecule has 1 N–H and O–H groups in total. The molecule has 0 spiro atoms. The predicted molar refractivity (Wildman–Crippen MR) is 74.6 cm³/mol. The molecular weight excluding hydrogens is 226 g/mol. The first kappa shape index (κ1) is 15.1. The topological polar surface area (TPSA) is 37.4 Å². The molecule has 0 aliphatic carbocycles. The average Bonchev–Trinajstić information content (AvgIpc) is 2.42. The third-order valence-electron chi connectivity index (χ3n) is 2.83. The molecule has 0 saturated heterocycles. The fourth-order valence-electron chi connectivity index (χ4n) is 1.75. The van der Waals surface area contributed by atoms with Crippen LogP contribution in [0.4, 0.5) is 0 Å². The second-order valence-corrected chi connectivity index (χ2v) is 4.17. The molecule has 4 heteroatoms. The second-order valence-electron chi connectivity index (χ2n) is 4.17. The Labute approximate surface area is 110 Å². The summed E-state index contributed by atoms with van der Waals surface area (Å²) in [6, 6.07) is 4.15. The fourth-order valence-corrected chi connectivity index (χ4v) is 1.75. The lowest BCUT2D eigenvalue weighted by molar-refractivity contribution is 0.148. The van der Waals surface area contributed by atoms with Crippen LogP contribution >= 0.6 is 0 Å². The van der Waals surface area contributed by atoms with Gasteiger partial charge in [-0.05, 0) is 31.2 Å². The maximum atomic E-state index is 5.28. The van der Waals surface area contributed by atoms with Gasteiger partial charge >= 0.3 is 0 Å². The van der Waals surface area contributed by atoms with E-state index in [0.717, 1.165) is 45.9 Å². The number of ether oxygens (including phenoxy) is 1. The van der Waals surface area contributed by atoms with Gasteiger partial charge in [0, 0.05) is 45.2 Å². The van der Waals surface area contributed by atoms with Crippen LogP contribution in [0, 0.1) is 0 Å². The molecule has 0 aliphatic rings. The predicted octanol–water partition coefficient (Wildman–Crippen LogP) is 1.53. The van der Waals surface area contributed by atoms with Crippen LogP contribution in [0.2, 0.25) is 0 Å². The molecule has 0 aliphatic heterocycles. The minimum atomic E-state index is 0.796. The van der Waals surface area contributed by atoms with E-state index in [1.54, 1.807) is 0 Å². The van der Waals surface area contributed by atoms with Crippen molar-refractivity contribution in [2.24, 2.45) is 0 Å². The van der Waals surface area contributed by atoms with Crippen molar-refractivity contribution >= 4 is 0 Å². The molecular formula is C14H25N3O. The Balaban J connectivity index is 2.14. The van der Waals surface area contributed by atoms with Gasteiger partial charge in [0.25, 0.3) is 0 Å². The summed E-state index contributed by atoms with van der Waals surface area (Å²) in [5, 5.41) is 3.39. The number of pyridine rings is 1. The number of likely N-dealkylation sites (N-methyl/N-ethyl adjacent to an activating group) is 1. The summed E-state index contributed by atoms with van der Waals surface area (Å²) in [7, 11) is 0. The van der Waals surface area contributed by atoms with E-state index in [1.165, 1.54) is 5.56 Å². The minimum Gasteiger partial charge on any atom is -0.380 e. The first-order valence-corrected chi connectivity index (χ1v) is 6.76. The Morgan fingerprint density at radius 1 is 1.22 bits per heavy atom. The number of nitrogens with one attached hydrogen (secondary N) is 1. The van der Waals surface area contributed by atoms with Crippen LogP contribution in [-0.4, -0.2) is 49.3 Å². The van der Waals surface area contributed by atoms with Gasteiger partial charge in [-0.2, -0.15) is 0 Å². The molecule has 0 aromatic carbocycles. The first-order chi connectivity index (χ1) is 8.86. The molecule has 18 heavy (non-hydrogen) atoms. The molecule has 1 rings (SSSR count). The molecule has 0 atom stereocenters. The summed E-state index contributed by atoms with van der Waals surface area (Å²) < 4.78 is 5.28. The van der Waals surface area contributed by atoms with E-state index in [-0.39, 0.29) is 0 Å². The summed E-state index contributed by atoms with van der Waals surface area (Å²) in [6.07, 6.45) is 3.70. The van der Waals surface area contributed by atoms with E-state index < -0.39 is 0 Å². The van der Waals surface area contributed by atoms with Crippen molar-refractivity contribution in [3.63, 3.8) is 0 Å². The third kappa shape index (κ3) is 6.69. The van der Waals surface area contributed by atoms with Crippen molar-refractivity contribution in [1.82, 2.24) is 15.2 Å². The summed E-state index contributed by atoms with van der Waals surface area (Å²) in [5.74, 6) is 0. The standard InChI is InChI=1S/C14H25N3O/c1-3-17(11-9-16-10-12-18-4-2)13-14-5-7-15-8-6-14/h5-8,16H,3-4,9-13H2,1-2H3. The van der Waals surface area contributed by atoms with Gasteiger partial charge in [-0.3, -0.25) is 9.88 Å². The summed E-state index contributed by atoms with van der Waals surface area (Å²) >= 11 is 0. The van der Waals surface area contributed by atoms with Crippen LogP contribution in [0.5, 0.6) is 0 Å². The van der Waals surface area contributed by atoms with E-state index in [9.17, 15) is 0 Å². The normalized spacial score (nSPS) is 11.1. The zero-order chi connectivity index (χ0) is 13.1. The SMILES string of the molecule is CCOCCNCCN(CC)Cc1ccncc1. The van der Waals surface area contributed by atoms with E-state index >= 15 is 0 Å². The summed E-state index contributed by atoms with van der Waals surface area (Å²) in [6.45, 7) is 10.9. The van der Waals surface area contributed by atoms with E-state index in [0.29, 0.717) is 0 Å². The van der Waals surface area contributed by atoms with Gasteiger partial charge in [-0.15, -0.1) is 0 Å². The molecule has 1 heterocycles. The Morgan fingerprint density at radius 3 is 2.67 bits per heavy atom. The lowest BCUT2D eigenvalue weighted by Gasteiger charge is -2.20. The van der Waals surface area contributed by atoms with Gasteiger partial charge in [0.1, 0.15) is 0 Å². The maximum Gasteiger partial charge on any atom is 0.0590 e. The molecule has 1 aromatic heterocycles. The van der Waals surface area contributed by atoms with Gasteiger partial charge in [0.05, 0.1) is 6.61 Å². The smallest absolute Gasteiger partial charge is 0.0590 e. The molecule has 0 bridgehead atoms. The van der Waals surface area contributed by atoms with Crippen molar-refractivity contribution in [3.05, 3.63) is 30.1 Å². The van der Waals surface area contributed by atoms with E-state index in [2.05, 4.69) is 34.3 Å². The van der Waals surface area contributed by atoms with Crippen LogP contribution < -0.4 is 5.32 Å². The van der Waals surface area contributed by atoms with Crippen molar-refractivity contribution in [2.75, 3.05) is 39.4 Å². The zero-order valence-corrected chi connectivity index (χ0v) is 11.6. The average molecular weight is 251 g/mol. The molecule has 0 saturated carbocycles. The molecule has 0 amide bonds. The van der Waals surface area contributed by atoms with Gasteiger partial charge in [0.2, 0.25) is 0 Å². The minimum absolute atomic E-state index is 0.796. The maximum absolute atomic E-state index is 5.28. The highest BCUT2D eigenvalue weighted by Gasteiger charge is 2.02. The number of aromatic nitrogens is 1. The highest BCUT2D eigenvalue weighted by atomic mass is 16.5. The highest BCUT2D eigenvalue weighted by molar-refractivity contribution is 5.09. The lowest BCUT2D eigenvalue weighted by atomic mass is 10.2. The highest BCUT2D eigenvalue weighted by Crippen LogP contribution is 2.01. The van der Waals surface area contributed by atoms with Crippen LogP contribution in [0.15, 0.2) is 24.5 Å². The van der Waals surface area contributed by atoms with Crippen LogP contribution in [0.3, 0.4) is 0 Å². The molecule has 0 unspecified atom stereocenters. The monoisotopic (exact) mass is 251 g/mol. The fraction of sp³-hybridized carbons (Fsp3) is 0.643. The lowest BCUT2D eigenvalue weighted by Crippen LogP contribution is -2.33. The zero-order valence-electron chi connectivity index (χ0n) is 11.6. The van der Waals surface area contributed by atoms with Crippen LogP contribution in [0.25, 0.3) is 0 Å². The third-order valence-corrected chi connectivity index (χ3v) is 2.83. The quantitative estimate of drug-likeness (QED) is 0.640. The van der Waals surface area contributed by atoms with Crippen LogP contribution in [0.1, 0.15) is 19.4 Å². The second kappa shape index (κ2) is 10.00. The number of rotatable bonds is 10. The van der Waals surface area contributed by atoms with Crippen molar-refractivity contribution < 1.29 is 4.74 Å². The largest absolute Gasteiger partial charge is 0.380 e. The van der Waals surface area contributed by atoms with Gasteiger partial charge < -0.3 is 10.1 Å². The number of hydrogen-bond donors (Lipinski definition) is 1. The Morgan fingerprint density at radius 2 is 2.00 bits per heavy atom. The molecule has 1 aromatic rings.